The van der Waals surface area contributed by atoms with E-state index in [2.05, 4.69) is 63.2 Å². The molecule has 0 radical (unpaired) electrons. The van der Waals surface area contributed by atoms with Crippen molar-refractivity contribution in [1.82, 2.24) is 0 Å². The number of para-hydroxylation sites is 1. The first-order valence-corrected chi connectivity index (χ1v) is 13.3. The molecule has 2 aromatic rings. The molecule has 0 N–H and O–H groups in total. The number of carbonyl (C=O) groups is 1. The normalized spacial score (nSPS) is 16.7. The van der Waals surface area contributed by atoms with Crippen LogP contribution in [0.3, 0.4) is 0 Å². The number of ether oxygens (including phenoxy) is 1. The highest BCUT2D eigenvalue weighted by atomic mass is 16.5. The topological polar surface area (TPSA) is 26.3 Å². The minimum Gasteiger partial charge on any atom is -0.488 e. The number of ketones is 1. The number of Topliss-reactive ketones (excluding diaryl/α,β-unsaturated/α-hetero) is 1. The minimum absolute atomic E-state index is 0.0458. The van der Waals surface area contributed by atoms with E-state index in [1.54, 1.807) is 0 Å². The summed E-state index contributed by atoms with van der Waals surface area (Å²) in [6, 6.07) is 17.1. The van der Waals surface area contributed by atoms with Gasteiger partial charge in [0, 0.05) is 18.4 Å². The molecule has 2 nitrogen and oxygen atoms in total. The summed E-state index contributed by atoms with van der Waals surface area (Å²) in [6.07, 6.45) is 13.9. The third kappa shape index (κ3) is 7.73. The summed E-state index contributed by atoms with van der Waals surface area (Å²) in [5.41, 5.74) is 3.77. The molecule has 1 fully saturated rings. The van der Waals surface area contributed by atoms with Gasteiger partial charge in [-0.15, -0.1) is 0 Å². The van der Waals surface area contributed by atoms with Crippen molar-refractivity contribution in [3.63, 3.8) is 0 Å². The maximum absolute atomic E-state index is 12.2. The van der Waals surface area contributed by atoms with Crippen LogP contribution < -0.4 is 4.74 Å². The van der Waals surface area contributed by atoms with Gasteiger partial charge in [-0.05, 0) is 41.7 Å². The highest BCUT2D eigenvalue weighted by molar-refractivity contribution is 5.80. The van der Waals surface area contributed by atoms with Gasteiger partial charge in [-0.25, -0.2) is 0 Å². The van der Waals surface area contributed by atoms with Crippen LogP contribution in [-0.2, 0) is 16.8 Å². The van der Waals surface area contributed by atoms with E-state index in [1.165, 1.54) is 61.6 Å². The van der Waals surface area contributed by atoms with Gasteiger partial charge in [-0.3, -0.25) is 4.79 Å². The molecule has 2 aromatic carbocycles. The molecule has 0 saturated heterocycles. The molecule has 0 aromatic heterocycles. The van der Waals surface area contributed by atoms with Crippen molar-refractivity contribution in [2.24, 2.45) is 0 Å². The minimum atomic E-state index is 0.0458. The Kier molecular flexibility index (Phi) is 10.0. The van der Waals surface area contributed by atoms with E-state index < -0.39 is 0 Å². The summed E-state index contributed by atoms with van der Waals surface area (Å²) >= 11 is 0. The number of hydrogen-bond donors (Lipinski definition) is 0. The van der Waals surface area contributed by atoms with Crippen LogP contribution in [0.4, 0.5) is 0 Å². The maximum atomic E-state index is 12.2. The average Bonchev–Trinajstić information content (AvgIpc) is 2.82. The van der Waals surface area contributed by atoms with Crippen molar-refractivity contribution in [1.29, 1.82) is 0 Å². The second-order valence-corrected chi connectivity index (χ2v) is 10.6. The summed E-state index contributed by atoms with van der Waals surface area (Å²) < 4.78 is 6.59. The van der Waals surface area contributed by atoms with Crippen LogP contribution in [0.15, 0.2) is 48.5 Å². The molecule has 180 valence electrons. The summed E-state index contributed by atoms with van der Waals surface area (Å²) in [5, 5.41) is 0. The number of rotatable bonds is 13. The SMILES string of the molecule is CCCCCCCCCC(C)(C)c1cccc(C2CCCC(=O)C2)c1OCc1ccccc1. The number of carbonyl (C=O) groups excluding carboxylic acids is 1. The predicted octanol–water partition coefficient (Wildman–Crippen LogP) is 8.91. The van der Waals surface area contributed by atoms with Crippen LogP contribution in [0, 0.1) is 0 Å². The zero-order valence-electron chi connectivity index (χ0n) is 21.2. The van der Waals surface area contributed by atoms with E-state index in [9.17, 15) is 4.79 Å². The largest absolute Gasteiger partial charge is 0.488 e. The summed E-state index contributed by atoms with van der Waals surface area (Å²) in [5.74, 6) is 1.72. The van der Waals surface area contributed by atoms with Crippen LogP contribution >= 0.6 is 0 Å². The maximum Gasteiger partial charge on any atom is 0.133 e. The molecule has 1 saturated carbocycles. The second-order valence-electron chi connectivity index (χ2n) is 10.6. The molecule has 0 aliphatic heterocycles. The molecular formula is C31H44O2. The van der Waals surface area contributed by atoms with E-state index in [-0.39, 0.29) is 11.3 Å². The van der Waals surface area contributed by atoms with Crippen LogP contribution in [0.2, 0.25) is 0 Å². The molecule has 0 spiro atoms. The standard InChI is InChI=1S/C31H44O2/c1-4-5-6-7-8-9-13-22-31(2,3)29-21-15-20-28(26-18-14-19-27(32)23-26)30(29)33-24-25-16-11-10-12-17-25/h10-12,15-17,20-21,26H,4-9,13-14,18-19,22-24H2,1-3H3. The summed E-state index contributed by atoms with van der Waals surface area (Å²) in [4.78, 5) is 12.2. The Morgan fingerprint density at radius 3 is 2.36 bits per heavy atom. The first-order valence-electron chi connectivity index (χ1n) is 13.3. The van der Waals surface area contributed by atoms with Crippen molar-refractivity contribution in [3.8, 4) is 5.75 Å². The van der Waals surface area contributed by atoms with Gasteiger partial charge in [0.25, 0.3) is 0 Å². The van der Waals surface area contributed by atoms with Crippen LogP contribution in [0.1, 0.15) is 120 Å². The Morgan fingerprint density at radius 1 is 0.909 bits per heavy atom. The van der Waals surface area contributed by atoms with Gasteiger partial charge in [-0.2, -0.15) is 0 Å². The zero-order chi connectivity index (χ0) is 23.5. The smallest absolute Gasteiger partial charge is 0.133 e. The molecule has 0 bridgehead atoms. The van der Waals surface area contributed by atoms with Crippen LogP contribution in [0.25, 0.3) is 0 Å². The lowest BCUT2D eigenvalue weighted by Crippen LogP contribution is -2.21. The molecule has 1 unspecified atom stereocenters. The van der Waals surface area contributed by atoms with Gasteiger partial charge < -0.3 is 4.74 Å². The average molecular weight is 449 g/mol. The molecule has 0 heterocycles. The molecule has 1 aliphatic rings. The Balaban J connectivity index is 1.76. The number of unbranched alkanes of at least 4 members (excludes halogenated alkanes) is 6. The van der Waals surface area contributed by atoms with Crippen LogP contribution in [-0.4, -0.2) is 5.78 Å². The van der Waals surface area contributed by atoms with Gasteiger partial charge in [0.2, 0.25) is 0 Å². The van der Waals surface area contributed by atoms with Gasteiger partial charge in [0.1, 0.15) is 18.1 Å². The van der Waals surface area contributed by atoms with Crippen molar-refractivity contribution in [2.75, 3.05) is 0 Å². The van der Waals surface area contributed by atoms with E-state index in [1.807, 2.05) is 6.07 Å². The summed E-state index contributed by atoms with van der Waals surface area (Å²) in [6.45, 7) is 7.57. The molecule has 1 aliphatic carbocycles. The molecular weight excluding hydrogens is 404 g/mol. The monoisotopic (exact) mass is 448 g/mol. The highest BCUT2D eigenvalue weighted by Crippen LogP contribution is 2.43. The van der Waals surface area contributed by atoms with E-state index in [4.69, 9.17) is 4.74 Å². The van der Waals surface area contributed by atoms with Crippen molar-refractivity contribution in [2.45, 2.75) is 116 Å². The summed E-state index contributed by atoms with van der Waals surface area (Å²) in [7, 11) is 0. The first-order chi connectivity index (χ1) is 16.0. The quantitative estimate of drug-likeness (QED) is 0.286. The Hall–Kier alpha value is -2.09. The lowest BCUT2D eigenvalue weighted by molar-refractivity contribution is -0.120. The fourth-order valence-corrected chi connectivity index (χ4v) is 5.25. The molecule has 3 rings (SSSR count). The lowest BCUT2D eigenvalue weighted by Gasteiger charge is -2.31. The Bertz CT molecular complexity index is 852. The third-order valence-electron chi connectivity index (χ3n) is 7.33. The Labute approximate surface area is 202 Å². The van der Waals surface area contributed by atoms with Crippen molar-refractivity contribution >= 4 is 5.78 Å². The van der Waals surface area contributed by atoms with E-state index in [0.29, 0.717) is 18.8 Å². The fourth-order valence-electron chi connectivity index (χ4n) is 5.25. The number of benzene rings is 2. The van der Waals surface area contributed by atoms with Crippen LogP contribution in [0.5, 0.6) is 5.75 Å². The van der Waals surface area contributed by atoms with E-state index >= 15 is 0 Å². The second kappa shape index (κ2) is 13.0. The molecule has 33 heavy (non-hydrogen) atoms. The first kappa shape index (κ1) is 25.5. The molecule has 0 amide bonds. The predicted molar refractivity (Wildman–Crippen MR) is 139 cm³/mol. The van der Waals surface area contributed by atoms with Gasteiger partial charge in [0.05, 0.1) is 0 Å². The van der Waals surface area contributed by atoms with Crippen molar-refractivity contribution < 1.29 is 9.53 Å². The van der Waals surface area contributed by atoms with Gasteiger partial charge in [0.15, 0.2) is 0 Å². The number of hydrogen-bond acceptors (Lipinski definition) is 2. The third-order valence-corrected chi connectivity index (χ3v) is 7.33. The van der Waals surface area contributed by atoms with Crippen molar-refractivity contribution in [3.05, 3.63) is 65.2 Å². The fraction of sp³-hybridized carbons (Fsp3) is 0.581. The molecule has 1 atom stereocenters. The molecule has 2 heteroatoms. The Morgan fingerprint density at radius 2 is 1.64 bits per heavy atom. The highest BCUT2D eigenvalue weighted by Gasteiger charge is 2.30. The lowest BCUT2D eigenvalue weighted by atomic mass is 9.76. The zero-order valence-corrected chi connectivity index (χ0v) is 21.2. The van der Waals surface area contributed by atoms with Gasteiger partial charge in [-0.1, -0.05) is 114 Å². The van der Waals surface area contributed by atoms with E-state index in [0.717, 1.165) is 31.4 Å². The van der Waals surface area contributed by atoms with Gasteiger partial charge >= 0.3 is 0 Å².